The highest BCUT2D eigenvalue weighted by Crippen LogP contribution is 2.08. The molecule has 0 aliphatic rings. The van der Waals surface area contributed by atoms with Crippen molar-refractivity contribution in [1.29, 1.82) is 0 Å². The summed E-state index contributed by atoms with van der Waals surface area (Å²) in [5.41, 5.74) is 0.718. The van der Waals surface area contributed by atoms with Gasteiger partial charge in [-0.2, -0.15) is 0 Å². The maximum Gasteiger partial charge on any atom is 0.335 e. The molecule has 2 N–H and O–H groups in total. The van der Waals surface area contributed by atoms with Crippen LogP contribution in [0.5, 0.6) is 0 Å². The van der Waals surface area contributed by atoms with Crippen LogP contribution in [-0.2, 0) is 15.8 Å². The van der Waals surface area contributed by atoms with Gasteiger partial charge in [-0.1, -0.05) is 32.4 Å². The second-order valence-electron chi connectivity index (χ2n) is 4.62. The van der Waals surface area contributed by atoms with Crippen LogP contribution in [0.1, 0.15) is 36.2 Å². The lowest BCUT2D eigenvalue weighted by Crippen LogP contribution is -2.29. The lowest BCUT2D eigenvalue weighted by molar-refractivity contribution is 0.0697. The van der Waals surface area contributed by atoms with Crippen LogP contribution < -0.4 is 4.72 Å². The molecule has 0 fully saturated rings. The van der Waals surface area contributed by atoms with Crippen LogP contribution in [-0.4, -0.2) is 26.0 Å². The maximum absolute atomic E-state index is 11.8. The van der Waals surface area contributed by atoms with Gasteiger partial charge in [-0.25, -0.2) is 17.9 Å². The first-order chi connectivity index (χ1) is 8.84. The van der Waals surface area contributed by atoms with Gasteiger partial charge in [0, 0.05) is 6.54 Å². The van der Waals surface area contributed by atoms with Crippen molar-refractivity contribution in [2.45, 2.75) is 26.0 Å². The van der Waals surface area contributed by atoms with Gasteiger partial charge in [-0.3, -0.25) is 0 Å². The summed E-state index contributed by atoms with van der Waals surface area (Å²) < 4.78 is 26.2. The molecular formula is C13H19NO4S. The van der Waals surface area contributed by atoms with E-state index in [2.05, 4.69) is 4.72 Å². The molecule has 0 aliphatic carbocycles. The Morgan fingerprint density at radius 3 is 2.37 bits per heavy atom. The van der Waals surface area contributed by atoms with Gasteiger partial charge in [0.1, 0.15) is 0 Å². The quantitative estimate of drug-likeness (QED) is 0.801. The molecule has 0 aliphatic heterocycles. The van der Waals surface area contributed by atoms with E-state index >= 15 is 0 Å². The highest BCUT2D eigenvalue weighted by molar-refractivity contribution is 7.88. The standard InChI is InChI=1S/C13H19NO4S/c1-3-10(2)8-14-19(17,18)9-11-4-6-12(7-5-11)13(15)16/h4-7,10,14H,3,8-9H2,1-2H3,(H,15,16). The Bertz CT molecular complexity index is 522. The number of sulfonamides is 1. The fourth-order valence-corrected chi connectivity index (χ4v) is 2.70. The lowest BCUT2D eigenvalue weighted by atomic mass is 10.1. The van der Waals surface area contributed by atoms with Gasteiger partial charge in [0.25, 0.3) is 0 Å². The Hall–Kier alpha value is -1.40. The van der Waals surface area contributed by atoms with Gasteiger partial charge >= 0.3 is 5.97 Å². The Morgan fingerprint density at radius 2 is 1.89 bits per heavy atom. The van der Waals surface area contributed by atoms with Crippen LogP contribution in [0.4, 0.5) is 0 Å². The van der Waals surface area contributed by atoms with E-state index in [0.29, 0.717) is 18.0 Å². The minimum atomic E-state index is -3.37. The van der Waals surface area contributed by atoms with E-state index in [9.17, 15) is 13.2 Å². The Balaban J connectivity index is 2.65. The summed E-state index contributed by atoms with van der Waals surface area (Å²) in [6, 6.07) is 5.85. The zero-order valence-corrected chi connectivity index (χ0v) is 11.9. The SMILES string of the molecule is CCC(C)CNS(=O)(=O)Cc1ccc(C(=O)O)cc1. The summed E-state index contributed by atoms with van der Waals surface area (Å²) in [5.74, 6) is -0.864. The van der Waals surface area contributed by atoms with E-state index < -0.39 is 16.0 Å². The van der Waals surface area contributed by atoms with Crippen molar-refractivity contribution in [2.24, 2.45) is 5.92 Å². The number of rotatable bonds is 7. The second kappa shape index (κ2) is 6.68. The highest BCUT2D eigenvalue weighted by atomic mass is 32.2. The van der Waals surface area contributed by atoms with Crippen molar-refractivity contribution in [3.8, 4) is 0 Å². The molecule has 1 aromatic carbocycles. The molecule has 1 unspecified atom stereocenters. The monoisotopic (exact) mass is 285 g/mol. The average molecular weight is 285 g/mol. The minimum absolute atomic E-state index is 0.136. The summed E-state index contributed by atoms with van der Waals surface area (Å²) in [5, 5.41) is 8.75. The smallest absolute Gasteiger partial charge is 0.335 e. The van der Waals surface area contributed by atoms with Crippen LogP contribution in [0.25, 0.3) is 0 Å². The third-order valence-corrected chi connectivity index (χ3v) is 4.23. The molecule has 0 heterocycles. The molecule has 6 heteroatoms. The normalized spacial score (nSPS) is 13.2. The molecular weight excluding hydrogens is 266 g/mol. The molecule has 0 amide bonds. The average Bonchev–Trinajstić information content (AvgIpc) is 2.36. The first-order valence-corrected chi connectivity index (χ1v) is 7.79. The fourth-order valence-electron chi connectivity index (χ4n) is 1.43. The summed E-state index contributed by atoms with van der Waals surface area (Å²) >= 11 is 0. The predicted molar refractivity (Wildman–Crippen MR) is 73.5 cm³/mol. The van der Waals surface area contributed by atoms with Crippen LogP contribution >= 0.6 is 0 Å². The molecule has 0 spiro atoms. The minimum Gasteiger partial charge on any atom is -0.478 e. The molecule has 0 saturated heterocycles. The van der Waals surface area contributed by atoms with E-state index in [0.717, 1.165) is 6.42 Å². The molecule has 0 aromatic heterocycles. The summed E-state index contributed by atoms with van der Waals surface area (Å²) in [6.45, 7) is 4.40. The number of carboxylic acids is 1. The summed E-state index contributed by atoms with van der Waals surface area (Å²) in [7, 11) is -3.37. The van der Waals surface area contributed by atoms with Crippen molar-refractivity contribution < 1.29 is 18.3 Å². The number of benzene rings is 1. The summed E-state index contributed by atoms with van der Waals surface area (Å²) in [4.78, 5) is 10.7. The van der Waals surface area contributed by atoms with Gasteiger partial charge in [0.15, 0.2) is 0 Å². The number of nitrogens with one attached hydrogen (secondary N) is 1. The molecule has 1 atom stereocenters. The van der Waals surface area contributed by atoms with Gasteiger partial charge in [-0.15, -0.1) is 0 Å². The molecule has 1 rings (SSSR count). The molecule has 106 valence electrons. The zero-order chi connectivity index (χ0) is 14.5. The van der Waals surface area contributed by atoms with Crippen LogP contribution in [0.3, 0.4) is 0 Å². The lowest BCUT2D eigenvalue weighted by Gasteiger charge is -2.11. The zero-order valence-electron chi connectivity index (χ0n) is 11.1. The number of carbonyl (C=O) groups is 1. The van der Waals surface area contributed by atoms with E-state index in [1.54, 1.807) is 0 Å². The number of carboxylic acid groups (broad SMARTS) is 1. The Morgan fingerprint density at radius 1 is 1.32 bits per heavy atom. The molecule has 1 aromatic rings. The molecule has 19 heavy (non-hydrogen) atoms. The molecule has 0 bridgehead atoms. The van der Waals surface area contributed by atoms with Crippen LogP contribution in [0.2, 0.25) is 0 Å². The Kier molecular flexibility index (Phi) is 5.50. The number of hydrogen-bond donors (Lipinski definition) is 2. The van der Waals surface area contributed by atoms with Crippen molar-refractivity contribution in [3.63, 3.8) is 0 Å². The first-order valence-electron chi connectivity index (χ1n) is 6.13. The number of hydrogen-bond acceptors (Lipinski definition) is 3. The van der Waals surface area contributed by atoms with E-state index in [-0.39, 0.29) is 11.3 Å². The van der Waals surface area contributed by atoms with Crippen molar-refractivity contribution in [1.82, 2.24) is 4.72 Å². The van der Waals surface area contributed by atoms with Crippen LogP contribution in [0.15, 0.2) is 24.3 Å². The third-order valence-electron chi connectivity index (χ3n) is 2.91. The van der Waals surface area contributed by atoms with Crippen molar-refractivity contribution in [3.05, 3.63) is 35.4 Å². The predicted octanol–water partition coefficient (Wildman–Crippen LogP) is 1.85. The van der Waals surface area contributed by atoms with E-state index in [4.69, 9.17) is 5.11 Å². The van der Waals surface area contributed by atoms with Crippen molar-refractivity contribution in [2.75, 3.05) is 6.54 Å². The third kappa shape index (κ3) is 5.40. The van der Waals surface area contributed by atoms with Gasteiger partial charge in [0.05, 0.1) is 11.3 Å². The van der Waals surface area contributed by atoms with E-state index in [1.807, 2.05) is 13.8 Å². The largest absolute Gasteiger partial charge is 0.478 e. The summed E-state index contributed by atoms with van der Waals surface area (Å²) in [6.07, 6.45) is 0.913. The van der Waals surface area contributed by atoms with E-state index in [1.165, 1.54) is 24.3 Å². The Labute approximate surface area is 113 Å². The number of aromatic carboxylic acids is 1. The van der Waals surface area contributed by atoms with Gasteiger partial charge < -0.3 is 5.11 Å². The maximum atomic E-state index is 11.8. The van der Waals surface area contributed by atoms with Crippen molar-refractivity contribution >= 4 is 16.0 Å². The first kappa shape index (κ1) is 15.7. The molecule has 5 nitrogen and oxygen atoms in total. The molecule has 0 radical (unpaired) electrons. The fraction of sp³-hybridized carbons (Fsp3) is 0.462. The van der Waals surface area contributed by atoms with Gasteiger partial charge in [0.2, 0.25) is 10.0 Å². The van der Waals surface area contributed by atoms with Gasteiger partial charge in [-0.05, 0) is 23.6 Å². The second-order valence-corrected chi connectivity index (χ2v) is 6.43. The highest BCUT2D eigenvalue weighted by Gasteiger charge is 2.13. The molecule has 0 saturated carbocycles. The topological polar surface area (TPSA) is 83.5 Å². The van der Waals surface area contributed by atoms with Crippen LogP contribution in [0, 0.1) is 5.92 Å².